The molecule has 5 heterocycles. The van der Waals surface area contributed by atoms with E-state index in [4.69, 9.17) is 9.84 Å². The van der Waals surface area contributed by atoms with Crippen molar-refractivity contribution in [3.8, 4) is 0 Å². The van der Waals surface area contributed by atoms with Gasteiger partial charge in [-0.15, -0.1) is 10.2 Å². The molecular weight excluding hydrogens is 274 g/mol. The largest absolute Gasteiger partial charge is 0.370 e. The first-order valence-corrected chi connectivity index (χ1v) is 8.30. The van der Waals surface area contributed by atoms with Crippen molar-refractivity contribution in [2.75, 3.05) is 6.61 Å². The monoisotopic (exact) mass is 291 g/mol. The average Bonchev–Trinajstić information content (AvgIpc) is 3.22. The Balaban J connectivity index is 1.52. The number of aromatic nitrogens is 4. The Hall–Kier alpha value is -1.05. The fraction of sp³-hybridized carbons (Fsp3) is 0.769. The molecule has 0 amide bonds. The van der Waals surface area contributed by atoms with E-state index in [1.54, 1.807) is 11.3 Å². The molecule has 2 aromatic rings. The zero-order chi connectivity index (χ0) is 13.1. The van der Waals surface area contributed by atoms with E-state index in [0.717, 1.165) is 30.2 Å². The predicted molar refractivity (Wildman–Crippen MR) is 73.9 cm³/mol. The molecular formula is C13H17N5OS. The number of hydrogen-bond acceptors (Lipinski definition) is 6. The van der Waals surface area contributed by atoms with Crippen LogP contribution in [0.5, 0.6) is 0 Å². The van der Waals surface area contributed by atoms with Gasteiger partial charge in [0.05, 0.1) is 0 Å². The Labute approximate surface area is 120 Å². The maximum atomic E-state index is 5.72. The van der Waals surface area contributed by atoms with Gasteiger partial charge >= 0.3 is 0 Å². The SMILES string of the molecule is C1COC(c2nnc3sc(C4CC5CCC4N5)nn23)C1. The fourth-order valence-corrected chi connectivity index (χ4v) is 4.90. The first-order chi connectivity index (χ1) is 9.88. The van der Waals surface area contributed by atoms with Crippen molar-refractivity contribution in [2.24, 2.45) is 0 Å². The highest BCUT2D eigenvalue weighted by Gasteiger charge is 2.41. The summed E-state index contributed by atoms with van der Waals surface area (Å²) in [5.41, 5.74) is 0. The maximum Gasteiger partial charge on any atom is 0.234 e. The number of hydrogen-bond donors (Lipinski definition) is 1. The van der Waals surface area contributed by atoms with Gasteiger partial charge in [-0.1, -0.05) is 11.3 Å². The summed E-state index contributed by atoms with van der Waals surface area (Å²) in [5, 5.41) is 18.3. The van der Waals surface area contributed by atoms with Gasteiger partial charge in [0, 0.05) is 24.6 Å². The molecule has 2 aromatic heterocycles. The van der Waals surface area contributed by atoms with Gasteiger partial charge in [0.15, 0.2) is 5.82 Å². The van der Waals surface area contributed by atoms with E-state index in [1.165, 1.54) is 24.3 Å². The van der Waals surface area contributed by atoms with E-state index in [-0.39, 0.29) is 6.10 Å². The molecule has 0 radical (unpaired) electrons. The van der Waals surface area contributed by atoms with E-state index < -0.39 is 0 Å². The quantitative estimate of drug-likeness (QED) is 0.911. The van der Waals surface area contributed by atoms with Crippen LogP contribution in [0.3, 0.4) is 0 Å². The molecule has 3 aliphatic heterocycles. The first kappa shape index (κ1) is 11.6. The molecule has 2 bridgehead atoms. The van der Waals surface area contributed by atoms with Crippen molar-refractivity contribution in [1.29, 1.82) is 0 Å². The van der Waals surface area contributed by atoms with Crippen LogP contribution in [-0.2, 0) is 4.74 Å². The molecule has 3 saturated heterocycles. The molecule has 106 valence electrons. The minimum Gasteiger partial charge on any atom is -0.370 e. The Morgan fingerprint density at radius 2 is 2.25 bits per heavy atom. The van der Waals surface area contributed by atoms with Crippen molar-refractivity contribution in [1.82, 2.24) is 25.1 Å². The smallest absolute Gasteiger partial charge is 0.234 e. The van der Waals surface area contributed by atoms with E-state index in [1.807, 2.05) is 4.52 Å². The summed E-state index contributed by atoms with van der Waals surface area (Å²) in [6.07, 6.45) is 6.05. The third kappa shape index (κ3) is 1.60. The van der Waals surface area contributed by atoms with Gasteiger partial charge in [-0.05, 0) is 32.1 Å². The number of rotatable bonds is 2. The highest BCUT2D eigenvalue weighted by atomic mass is 32.1. The lowest BCUT2D eigenvalue weighted by Crippen LogP contribution is -2.21. The summed E-state index contributed by atoms with van der Waals surface area (Å²) < 4.78 is 7.64. The Morgan fingerprint density at radius 1 is 1.25 bits per heavy atom. The molecule has 4 unspecified atom stereocenters. The number of ether oxygens (including phenoxy) is 1. The van der Waals surface area contributed by atoms with Crippen LogP contribution in [0.1, 0.15) is 55.0 Å². The lowest BCUT2D eigenvalue weighted by molar-refractivity contribution is 0.103. The molecule has 0 spiro atoms. The van der Waals surface area contributed by atoms with Gasteiger partial charge in [-0.3, -0.25) is 0 Å². The van der Waals surface area contributed by atoms with Gasteiger partial charge in [0.1, 0.15) is 11.1 Å². The van der Waals surface area contributed by atoms with Crippen LogP contribution in [0.4, 0.5) is 0 Å². The highest BCUT2D eigenvalue weighted by Crippen LogP contribution is 2.41. The highest BCUT2D eigenvalue weighted by molar-refractivity contribution is 7.16. The minimum atomic E-state index is 0.0816. The van der Waals surface area contributed by atoms with Crippen molar-refractivity contribution < 1.29 is 4.74 Å². The first-order valence-electron chi connectivity index (χ1n) is 7.48. The summed E-state index contributed by atoms with van der Waals surface area (Å²) >= 11 is 1.70. The van der Waals surface area contributed by atoms with Crippen LogP contribution >= 0.6 is 11.3 Å². The van der Waals surface area contributed by atoms with Gasteiger partial charge in [0.25, 0.3) is 0 Å². The van der Waals surface area contributed by atoms with Gasteiger partial charge in [-0.25, -0.2) is 0 Å². The van der Waals surface area contributed by atoms with E-state index in [0.29, 0.717) is 18.0 Å². The molecule has 1 N–H and O–H groups in total. The van der Waals surface area contributed by atoms with Gasteiger partial charge in [0.2, 0.25) is 4.96 Å². The summed E-state index contributed by atoms with van der Waals surface area (Å²) in [5.74, 6) is 1.45. The molecule has 20 heavy (non-hydrogen) atoms. The second-order valence-corrected chi connectivity index (χ2v) is 7.07. The van der Waals surface area contributed by atoms with Crippen molar-refractivity contribution in [2.45, 2.75) is 56.2 Å². The average molecular weight is 291 g/mol. The lowest BCUT2D eigenvalue weighted by Gasteiger charge is -2.16. The molecule has 3 aliphatic rings. The number of nitrogens with one attached hydrogen (secondary N) is 1. The second-order valence-electron chi connectivity index (χ2n) is 6.08. The Morgan fingerprint density at radius 3 is 3.00 bits per heavy atom. The van der Waals surface area contributed by atoms with Crippen molar-refractivity contribution in [3.05, 3.63) is 10.8 Å². The molecule has 6 nitrogen and oxygen atoms in total. The zero-order valence-electron chi connectivity index (χ0n) is 11.2. The van der Waals surface area contributed by atoms with E-state index in [9.17, 15) is 0 Å². The third-order valence-electron chi connectivity index (χ3n) is 4.87. The Bertz CT molecular complexity index is 646. The zero-order valence-corrected chi connectivity index (χ0v) is 12.0. The number of nitrogens with zero attached hydrogens (tertiary/aromatic N) is 4. The third-order valence-corrected chi connectivity index (χ3v) is 5.90. The van der Waals surface area contributed by atoms with Crippen LogP contribution in [0.2, 0.25) is 0 Å². The predicted octanol–water partition coefficient (Wildman–Crippen LogP) is 1.65. The van der Waals surface area contributed by atoms with Gasteiger partial charge in [-0.2, -0.15) is 9.61 Å². The molecule has 4 atom stereocenters. The summed E-state index contributed by atoms with van der Waals surface area (Å²) in [6, 6.07) is 1.33. The van der Waals surface area contributed by atoms with E-state index in [2.05, 4.69) is 15.5 Å². The summed E-state index contributed by atoms with van der Waals surface area (Å²) in [4.78, 5) is 0.910. The molecule has 5 rings (SSSR count). The fourth-order valence-electron chi connectivity index (χ4n) is 3.88. The molecule has 0 aromatic carbocycles. The summed E-state index contributed by atoms with van der Waals surface area (Å²) in [6.45, 7) is 0.826. The number of fused-ring (bicyclic) bond motifs is 3. The van der Waals surface area contributed by atoms with Crippen molar-refractivity contribution >= 4 is 16.3 Å². The van der Waals surface area contributed by atoms with E-state index >= 15 is 0 Å². The molecule has 7 heteroatoms. The maximum absolute atomic E-state index is 5.72. The normalized spacial score (nSPS) is 36.4. The second kappa shape index (κ2) is 4.22. The van der Waals surface area contributed by atoms with Crippen LogP contribution in [0.15, 0.2) is 0 Å². The topological polar surface area (TPSA) is 64.3 Å². The standard InChI is InChI=1S/C13H17N5OS/c1-2-10(19-5-1)11-15-16-13-18(11)17-12(20-13)8-6-7-3-4-9(8)14-7/h7-10,14H,1-6H2. The lowest BCUT2D eigenvalue weighted by atomic mass is 9.90. The summed E-state index contributed by atoms with van der Waals surface area (Å²) in [7, 11) is 0. The minimum absolute atomic E-state index is 0.0816. The van der Waals surface area contributed by atoms with Crippen LogP contribution in [0, 0.1) is 0 Å². The van der Waals surface area contributed by atoms with Crippen LogP contribution < -0.4 is 5.32 Å². The molecule has 3 fully saturated rings. The van der Waals surface area contributed by atoms with Crippen LogP contribution in [-0.4, -0.2) is 38.5 Å². The molecule has 0 saturated carbocycles. The molecule has 0 aliphatic carbocycles. The Kier molecular flexibility index (Phi) is 2.45. The van der Waals surface area contributed by atoms with Crippen molar-refractivity contribution in [3.63, 3.8) is 0 Å². The van der Waals surface area contributed by atoms with Crippen LogP contribution in [0.25, 0.3) is 4.96 Å². The van der Waals surface area contributed by atoms with Gasteiger partial charge < -0.3 is 10.1 Å².